The average molecular weight is 1080 g/mol. The second-order valence-electron chi connectivity index (χ2n) is 24.2. The van der Waals surface area contributed by atoms with E-state index >= 15 is 8.78 Å². The molecule has 3 aliphatic rings. The first-order valence-corrected chi connectivity index (χ1v) is 35.1. The summed E-state index contributed by atoms with van der Waals surface area (Å²) in [5, 5.41) is 0.340. The molecule has 14 nitrogen and oxygen atoms in total. The third kappa shape index (κ3) is 14.7. The number of hydrogen-bond acceptors (Lipinski definition) is 11. The molecule has 3 atom stereocenters. The van der Waals surface area contributed by atoms with Crippen LogP contribution in [-0.2, 0) is 35.9 Å². The summed E-state index contributed by atoms with van der Waals surface area (Å²) in [6.07, 6.45) is 3.87. The van der Waals surface area contributed by atoms with E-state index in [0.29, 0.717) is 46.0 Å². The smallest absolute Gasteiger partial charge is 0.320 e. The van der Waals surface area contributed by atoms with Crippen LogP contribution in [-0.4, -0.2) is 156 Å². The number of ketones is 1. The number of pyridine rings is 1. The molecule has 3 fully saturated rings. The third-order valence-electron chi connectivity index (χ3n) is 14.1. The van der Waals surface area contributed by atoms with E-state index in [9.17, 15) is 22.4 Å². The molecule has 408 valence electrons. The molecule has 5 heterocycles. The molecule has 4 aromatic rings. The van der Waals surface area contributed by atoms with Crippen LogP contribution in [0.15, 0.2) is 54.9 Å². The summed E-state index contributed by atoms with van der Waals surface area (Å²) in [4.78, 5) is 39.3. The average Bonchev–Trinajstić information content (AvgIpc) is 3.91. The van der Waals surface area contributed by atoms with Gasteiger partial charge in [0.2, 0.25) is 5.78 Å². The number of fused-ring (bicyclic) bond motifs is 1. The third-order valence-corrected chi connectivity index (χ3v) is 19.4. The van der Waals surface area contributed by atoms with Gasteiger partial charge in [0.15, 0.2) is 5.82 Å². The number of nitrogens with zero attached hydrogens (tertiary/aromatic N) is 7. The van der Waals surface area contributed by atoms with Crippen LogP contribution < -0.4 is 9.21 Å². The van der Waals surface area contributed by atoms with Gasteiger partial charge in [0, 0.05) is 103 Å². The second-order valence-corrected chi connectivity index (χ2v) is 37.3. The number of carbonyl (C=O) groups excluding carboxylic acids is 2. The number of piperidine rings is 1. The quantitative estimate of drug-likeness (QED) is 0.0260. The van der Waals surface area contributed by atoms with Crippen molar-refractivity contribution in [2.75, 3.05) is 81.5 Å². The summed E-state index contributed by atoms with van der Waals surface area (Å²) in [6.45, 7) is 27.8. The van der Waals surface area contributed by atoms with Crippen LogP contribution in [0.1, 0.15) is 69.8 Å². The largest absolute Gasteiger partial charge is 0.459 e. The van der Waals surface area contributed by atoms with Crippen molar-refractivity contribution in [2.45, 2.75) is 136 Å². The summed E-state index contributed by atoms with van der Waals surface area (Å²) in [7, 11) is -7.64. The van der Waals surface area contributed by atoms with E-state index in [1.807, 2.05) is 32.9 Å². The molecule has 0 radical (unpaired) electrons. The molecule has 0 spiro atoms. The van der Waals surface area contributed by atoms with E-state index in [1.165, 1.54) is 6.20 Å². The van der Waals surface area contributed by atoms with Crippen molar-refractivity contribution < 1.29 is 45.4 Å². The summed E-state index contributed by atoms with van der Waals surface area (Å²) >= 11 is 0. The molecule has 20 heteroatoms. The topological polar surface area (TPSA) is 130 Å². The first-order valence-electron chi connectivity index (χ1n) is 26.3. The number of piperazine rings is 1. The van der Waals surface area contributed by atoms with Gasteiger partial charge in [-0.1, -0.05) is 51.4 Å². The Kier molecular flexibility index (Phi) is 18.4. The number of carbonyl (C=O) groups is 2. The van der Waals surface area contributed by atoms with Crippen molar-refractivity contribution in [3.63, 3.8) is 0 Å². The highest BCUT2D eigenvalue weighted by molar-refractivity contribution is 7.90. The SMILES string of the molecule is C[C@H]1CN(CC2CCN(CC(=O)OC(C)(C)C)CC2)C[C@H](C)N1c1ccc(-c2cnc3c(c2)c(C(=O)c2c(F)ccc(N(COCC[Si](C)(C)C)S(=O)(=O)N4CC[C@@H](F)C4)c2F)cn3COCC[Si](C)(C)C)cc1. The molecule has 0 N–H and O–H groups in total. The van der Waals surface area contributed by atoms with Gasteiger partial charge in [0.1, 0.15) is 36.7 Å². The fourth-order valence-electron chi connectivity index (χ4n) is 10.2. The van der Waals surface area contributed by atoms with Gasteiger partial charge in [-0.2, -0.15) is 12.7 Å². The van der Waals surface area contributed by atoms with E-state index in [0.717, 1.165) is 79.3 Å². The summed E-state index contributed by atoms with van der Waals surface area (Å²) in [5.74, 6) is -3.16. The molecule has 74 heavy (non-hydrogen) atoms. The van der Waals surface area contributed by atoms with Crippen molar-refractivity contribution >= 4 is 60.5 Å². The maximum atomic E-state index is 17.1. The highest BCUT2D eigenvalue weighted by Crippen LogP contribution is 2.35. The molecule has 3 aliphatic heterocycles. The lowest BCUT2D eigenvalue weighted by atomic mass is 9.94. The highest BCUT2D eigenvalue weighted by atomic mass is 32.2. The van der Waals surface area contributed by atoms with Crippen molar-refractivity contribution in [1.29, 1.82) is 0 Å². The lowest BCUT2D eigenvalue weighted by Crippen LogP contribution is -2.58. The van der Waals surface area contributed by atoms with Gasteiger partial charge >= 0.3 is 16.2 Å². The van der Waals surface area contributed by atoms with Crippen LogP contribution in [0, 0.1) is 17.6 Å². The highest BCUT2D eigenvalue weighted by Gasteiger charge is 2.39. The van der Waals surface area contributed by atoms with Crippen LogP contribution in [0.5, 0.6) is 0 Å². The van der Waals surface area contributed by atoms with Crippen LogP contribution in [0.2, 0.25) is 51.4 Å². The Morgan fingerprint density at radius 1 is 0.824 bits per heavy atom. The zero-order valence-corrected chi connectivity index (χ0v) is 48.4. The number of anilines is 2. The molecule has 0 amide bonds. The lowest BCUT2D eigenvalue weighted by molar-refractivity contribution is -0.156. The minimum atomic E-state index is -4.57. The Bertz CT molecular complexity index is 2690. The first kappa shape index (κ1) is 57.5. The number of rotatable bonds is 21. The fourth-order valence-corrected chi connectivity index (χ4v) is 13.3. The Morgan fingerprint density at radius 3 is 2.05 bits per heavy atom. The van der Waals surface area contributed by atoms with Crippen molar-refractivity contribution in [1.82, 2.24) is 23.7 Å². The number of aromatic nitrogens is 2. The van der Waals surface area contributed by atoms with Crippen LogP contribution in [0.3, 0.4) is 0 Å². The molecule has 0 saturated carbocycles. The standard InChI is InChI=1S/C54H80F3N7O7SSi2/c1-38-30-60(32-40-18-21-59(22-19-40)35-49(65)71-54(3,4)5)31-39(2)64(38)44-14-12-41(13-15-44)42-28-45-46(34-61(53(45)58-29-42)36-69-24-26-73(6,7)8)52(66)50-47(56)16-17-48(51(50)57)63(37-70-25-27-74(9,10)11)72(67,68)62-23-20-43(55)33-62/h12-17,28-29,34,38-40,43H,18-27,30-33,35-37H2,1-11H3/t38-,39-,43+/m0/s1. The Labute approximate surface area is 439 Å². The summed E-state index contributed by atoms with van der Waals surface area (Å²) in [5.41, 5.74) is 0.906. The molecular weight excluding hydrogens is 1000 g/mol. The molecular formula is C54H80F3N7O7SSi2. The van der Waals surface area contributed by atoms with Crippen molar-refractivity contribution in [3.8, 4) is 11.1 Å². The molecule has 2 aromatic carbocycles. The Balaban J connectivity index is 1.12. The van der Waals surface area contributed by atoms with E-state index in [-0.39, 0.29) is 49.9 Å². The monoisotopic (exact) mass is 1080 g/mol. The Morgan fingerprint density at radius 2 is 1.46 bits per heavy atom. The van der Waals surface area contributed by atoms with Crippen LogP contribution >= 0.6 is 0 Å². The van der Waals surface area contributed by atoms with Gasteiger partial charge in [0.25, 0.3) is 0 Å². The summed E-state index contributed by atoms with van der Waals surface area (Å²) < 4.78 is 96.6. The predicted molar refractivity (Wildman–Crippen MR) is 293 cm³/mol. The zero-order chi connectivity index (χ0) is 53.9. The minimum Gasteiger partial charge on any atom is -0.459 e. The number of benzene rings is 2. The summed E-state index contributed by atoms with van der Waals surface area (Å²) in [6, 6.07) is 13.9. The van der Waals surface area contributed by atoms with Crippen molar-refractivity contribution in [2.24, 2.45) is 5.92 Å². The van der Waals surface area contributed by atoms with Gasteiger partial charge in [0.05, 0.1) is 23.4 Å². The zero-order valence-electron chi connectivity index (χ0n) is 45.6. The van der Waals surface area contributed by atoms with Gasteiger partial charge < -0.3 is 23.7 Å². The molecule has 7 rings (SSSR count). The van der Waals surface area contributed by atoms with Gasteiger partial charge in [-0.3, -0.25) is 19.4 Å². The predicted octanol–water partition coefficient (Wildman–Crippen LogP) is 9.88. The molecule has 2 aromatic heterocycles. The number of hydrogen-bond donors (Lipinski definition) is 0. The molecule has 0 bridgehead atoms. The fraction of sp³-hybridized carbons (Fsp3) is 0.611. The van der Waals surface area contributed by atoms with Crippen molar-refractivity contribution in [3.05, 3.63) is 77.6 Å². The molecule has 3 saturated heterocycles. The van der Waals surface area contributed by atoms with E-state index in [4.69, 9.17) is 19.2 Å². The second kappa shape index (κ2) is 23.6. The number of alkyl halides is 1. The maximum Gasteiger partial charge on any atom is 0.320 e. The maximum absolute atomic E-state index is 17.1. The van der Waals surface area contributed by atoms with Crippen LogP contribution in [0.25, 0.3) is 22.2 Å². The molecule has 0 aliphatic carbocycles. The normalized spacial score (nSPS) is 20.2. The van der Waals surface area contributed by atoms with Gasteiger partial charge in [-0.05, 0) is 121 Å². The van der Waals surface area contributed by atoms with E-state index in [1.54, 1.807) is 16.8 Å². The van der Waals surface area contributed by atoms with Gasteiger partial charge in [-0.25, -0.2) is 22.5 Å². The number of ether oxygens (including phenoxy) is 3. The van der Waals surface area contributed by atoms with Gasteiger partial charge in [-0.15, -0.1) is 0 Å². The number of likely N-dealkylation sites (tertiary alicyclic amines) is 1. The Hall–Kier alpha value is -4.16. The number of halogens is 3. The van der Waals surface area contributed by atoms with E-state index in [2.05, 4.69) is 80.0 Å². The van der Waals surface area contributed by atoms with Crippen LogP contribution in [0.4, 0.5) is 24.5 Å². The van der Waals surface area contributed by atoms with E-state index < -0.39 is 80.1 Å². The first-order chi connectivity index (χ1) is 34.7. The number of esters is 1. The minimum absolute atomic E-state index is 0.0237. The lowest BCUT2D eigenvalue weighted by Gasteiger charge is -2.47. The molecule has 0 unspecified atom stereocenters.